The molecule has 2 fully saturated rings. The molecular formula is C14H25NO2. The topological polar surface area (TPSA) is 38.3 Å². The smallest absolute Gasteiger partial charge is 0.313 e. The van der Waals surface area contributed by atoms with Crippen molar-refractivity contribution in [3.05, 3.63) is 0 Å². The summed E-state index contributed by atoms with van der Waals surface area (Å²) in [6.45, 7) is 8.24. The summed E-state index contributed by atoms with van der Waals surface area (Å²) >= 11 is 0. The van der Waals surface area contributed by atoms with Crippen LogP contribution in [0.3, 0.4) is 0 Å². The van der Waals surface area contributed by atoms with Gasteiger partial charge in [0.15, 0.2) is 0 Å². The third-order valence-corrected chi connectivity index (χ3v) is 4.27. The molecule has 17 heavy (non-hydrogen) atoms. The van der Waals surface area contributed by atoms with Crippen molar-refractivity contribution < 1.29 is 9.53 Å². The molecule has 0 aromatic carbocycles. The highest BCUT2D eigenvalue weighted by Gasteiger charge is 2.39. The molecule has 3 atom stereocenters. The van der Waals surface area contributed by atoms with Crippen molar-refractivity contribution in [2.24, 2.45) is 17.3 Å². The molecule has 1 saturated heterocycles. The first-order valence-corrected chi connectivity index (χ1v) is 6.91. The van der Waals surface area contributed by atoms with Crippen LogP contribution in [-0.2, 0) is 9.53 Å². The third-order valence-electron chi connectivity index (χ3n) is 4.27. The Morgan fingerprint density at radius 3 is 2.41 bits per heavy atom. The highest BCUT2D eigenvalue weighted by atomic mass is 16.5. The van der Waals surface area contributed by atoms with Gasteiger partial charge in [0.25, 0.3) is 0 Å². The van der Waals surface area contributed by atoms with Crippen LogP contribution in [0.15, 0.2) is 0 Å². The Balaban J connectivity index is 1.89. The van der Waals surface area contributed by atoms with Crippen LogP contribution in [0.4, 0.5) is 0 Å². The molecule has 2 aliphatic rings. The van der Waals surface area contributed by atoms with E-state index in [0.717, 1.165) is 32.4 Å². The maximum Gasteiger partial charge on any atom is 0.313 e. The zero-order chi connectivity index (χ0) is 12.5. The minimum Gasteiger partial charge on any atom is -0.462 e. The zero-order valence-electron chi connectivity index (χ0n) is 11.3. The third kappa shape index (κ3) is 3.01. The molecule has 0 spiro atoms. The number of nitrogens with one attached hydrogen (secondary N) is 1. The highest BCUT2D eigenvalue weighted by Crippen LogP contribution is 2.33. The lowest BCUT2D eigenvalue weighted by atomic mass is 9.81. The van der Waals surface area contributed by atoms with Gasteiger partial charge < -0.3 is 10.1 Å². The van der Waals surface area contributed by atoms with Crippen LogP contribution in [-0.4, -0.2) is 25.2 Å². The first kappa shape index (κ1) is 12.9. The van der Waals surface area contributed by atoms with Gasteiger partial charge in [-0.3, -0.25) is 4.79 Å². The van der Waals surface area contributed by atoms with E-state index in [1.54, 1.807) is 0 Å². The molecule has 3 unspecified atom stereocenters. The molecule has 1 saturated carbocycles. The second-order valence-electron chi connectivity index (χ2n) is 6.43. The summed E-state index contributed by atoms with van der Waals surface area (Å²) < 4.78 is 5.74. The number of hydrogen-bond acceptors (Lipinski definition) is 3. The molecule has 0 radical (unpaired) electrons. The monoisotopic (exact) mass is 239 g/mol. The summed E-state index contributed by atoms with van der Waals surface area (Å²) in [7, 11) is 0. The number of hydrogen-bond donors (Lipinski definition) is 1. The van der Waals surface area contributed by atoms with E-state index in [4.69, 9.17) is 4.74 Å². The standard InChI is InChI=1S/C14H25NO2/c1-10-6-11(2)8-12(7-10)17-13(16)14(3)4-5-15-9-14/h10-12,15H,4-9H2,1-3H3. The van der Waals surface area contributed by atoms with Crippen molar-refractivity contribution in [2.75, 3.05) is 13.1 Å². The highest BCUT2D eigenvalue weighted by molar-refractivity contribution is 5.77. The van der Waals surface area contributed by atoms with E-state index in [1.807, 2.05) is 6.92 Å². The first-order chi connectivity index (χ1) is 7.99. The largest absolute Gasteiger partial charge is 0.462 e. The van der Waals surface area contributed by atoms with E-state index >= 15 is 0 Å². The second kappa shape index (κ2) is 4.97. The molecule has 2 rings (SSSR count). The molecule has 1 aliphatic heterocycles. The van der Waals surface area contributed by atoms with Gasteiger partial charge in [0.05, 0.1) is 5.41 Å². The van der Waals surface area contributed by atoms with Crippen LogP contribution in [0, 0.1) is 17.3 Å². The average Bonchev–Trinajstić information content (AvgIpc) is 2.64. The van der Waals surface area contributed by atoms with E-state index in [2.05, 4.69) is 19.2 Å². The number of esters is 1. The van der Waals surface area contributed by atoms with Crippen molar-refractivity contribution in [3.63, 3.8) is 0 Å². The van der Waals surface area contributed by atoms with Crippen molar-refractivity contribution in [3.8, 4) is 0 Å². The molecule has 0 aromatic heterocycles. The molecule has 1 aliphatic carbocycles. The maximum absolute atomic E-state index is 12.2. The van der Waals surface area contributed by atoms with E-state index in [9.17, 15) is 4.79 Å². The van der Waals surface area contributed by atoms with Crippen LogP contribution in [0.25, 0.3) is 0 Å². The van der Waals surface area contributed by atoms with Crippen LogP contribution in [0.5, 0.6) is 0 Å². The Morgan fingerprint density at radius 2 is 1.88 bits per heavy atom. The summed E-state index contributed by atoms with van der Waals surface area (Å²) in [6.07, 6.45) is 4.41. The van der Waals surface area contributed by atoms with Gasteiger partial charge in [-0.2, -0.15) is 0 Å². The van der Waals surface area contributed by atoms with Crippen LogP contribution >= 0.6 is 0 Å². The summed E-state index contributed by atoms with van der Waals surface area (Å²) in [5.74, 6) is 1.38. The quantitative estimate of drug-likeness (QED) is 0.752. The molecule has 0 amide bonds. The van der Waals surface area contributed by atoms with E-state index in [0.29, 0.717) is 11.8 Å². The second-order valence-corrected chi connectivity index (χ2v) is 6.43. The van der Waals surface area contributed by atoms with Gasteiger partial charge in [0, 0.05) is 6.54 Å². The molecule has 3 nitrogen and oxygen atoms in total. The fourth-order valence-electron chi connectivity index (χ4n) is 3.25. The van der Waals surface area contributed by atoms with Gasteiger partial charge >= 0.3 is 5.97 Å². The summed E-state index contributed by atoms with van der Waals surface area (Å²) in [5.41, 5.74) is -0.288. The Hall–Kier alpha value is -0.570. The maximum atomic E-state index is 12.2. The lowest BCUT2D eigenvalue weighted by Gasteiger charge is -2.33. The summed E-state index contributed by atoms with van der Waals surface area (Å²) in [6, 6.07) is 0. The minimum atomic E-state index is -0.288. The van der Waals surface area contributed by atoms with Crippen LogP contribution in [0.1, 0.15) is 46.5 Å². The van der Waals surface area contributed by atoms with Gasteiger partial charge in [-0.05, 0) is 51.0 Å². The van der Waals surface area contributed by atoms with Gasteiger partial charge in [0.1, 0.15) is 6.10 Å². The molecule has 0 aromatic rings. The molecule has 1 N–H and O–H groups in total. The molecular weight excluding hydrogens is 214 g/mol. The van der Waals surface area contributed by atoms with Gasteiger partial charge in [0.2, 0.25) is 0 Å². The van der Waals surface area contributed by atoms with E-state index in [1.165, 1.54) is 6.42 Å². The number of rotatable bonds is 2. The summed E-state index contributed by atoms with van der Waals surface area (Å²) in [4.78, 5) is 12.2. The Morgan fingerprint density at radius 1 is 1.24 bits per heavy atom. The summed E-state index contributed by atoms with van der Waals surface area (Å²) in [5, 5.41) is 3.25. The first-order valence-electron chi connectivity index (χ1n) is 6.91. The number of ether oxygens (including phenoxy) is 1. The predicted octanol–water partition coefficient (Wildman–Crippen LogP) is 2.35. The zero-order valence-corrected chi connectivity index (χ0v) is 11.3. The predicted molar refractivity (Wildman–Crippen MR) is 67.7 cm³/mol. The minimum absolute atomic E-state index is 0.00815. The Bertz CT molecular complexity index is 274. The number of carbonyl (C=O) groups is 1. The van der Waals surface area contributed by atoms with Gasteiger partial charge in [-0.15, -0.1) is 0 Å². The average molecular weight is 239 g/mol. The van der Waals surface area contributed by atoms with Crippen molar-refractivity contribution in [1.82, 2.24) is 5.32 Å². The Labute approximate surface area is 104 Å². The van der Waals surface area contributed by atoms with Gasteiger partial charge in [-0.1, -0.05) is 13.8 Å². The van der Waals surface area contributed by atoms with Crippen molar-refractivity contribution >= 4 is 5.97 Å². The van der Waals surface area contributed by atoms with Crippen molar-refractivity contribution in [2.45, 2.75) is 52.6 Å². The van der Waals surface area contributed by atoms with E-state index < -0.39 is 0 Å². The Kier molecular flexibility index (Phi) is 3.76. The molecule has 98 valence electrons. The molecule has 1 heterocycles. The molecule has 3 heteroatoms. The van der Waals surface area contributed by atoms with Gasteiger partial charge in [-0.25, -0.2) is 0 Å². The molecule has 0 bridgehead atoms. The van der Waals surface area contributed by atoms with Crippen molar-refractivity contribution in [1.29, 1.82) is 0 Å². The fraction of sp³-hybridized carbons (Fsp3) is 0.929. The SMILES string of the molecule is CC1CC(C)CC(OC(=O)C2(C)CCNC2)C1. The van der Waals surface area contributed by atoms with E-state index in [-0.39, 0.29) is 17.5 Å². The fourth-order valence-corrected chi connectivity index (χ4v) is 3.25. The van der Waals surface area contributed by atoms with Crippen LogP contribution < -0.4 is 5.32 Å². The lowest BCUT2D eigenvalue weighted by Crippen LogP contribution is -2.37. The normalized spacial score (nSPS) is 42.4. The lowest BCUT2D eigenvalue weighted by molar-refractivity contribution is -0.162. The van der Waals surface area contributed by atoms with Crippen LogP contribution in [0.2, 0.25) is 0 Å². The number of carbonyl (C=O) groups excluding carboxylic acids is 1.